The summed E-state index contributed by atoms with van der Waals surface area (Å²) < 4.78 is 5.13. The Hall–Kier alpha value is -2.81. The molecule has 0 bridgehead atoms. The van der Waals surface area contributed by atoms with Crippen LogP contribution in [0.15, 0.2) is 76.9 Å². The van der Waals surface area contributed by atoms with E-state index in [1.54, 1.807) is 11.8 Å². The number of nitrogens with zero attached hydrogens (tertiary/aromatic N) is 3. The van der Waals surface area contributed by atoms with Crippen LogP contribution in [-0.4, -0.2) is 51.3 Å². The summed E-state index contributed by atoms with van der Waals surface area (Å²) in [5.74, 6) is 1.65. The molecule has 4 rings (SSSR count). The van der Waals surface area contributed by atoms with Crippen LogP contribution in [0, 0.1) is 6.92 Å². The average Bonchev–Trinajstić information content (AvgIpc) is 3.33. The van der Waals surface area contributed by atoms with E-state index in [4.69, 9.17) is 4.74 Å². The molecule has 0 amide bonds. The number of benzene rings is 2. The van der Waals surface area contributed by atoms with Gasteiger partial charge in [0.2, 0.25) is 0 Å². The number of carbonyl (C=O) groups excluding carboxylic acids is 1. The minimum Gasteiger partial charge on any atom is -0.466 e. The van der Waals surface area contributed by atoms with Gasteiger partial charge in [0, 0.05) is 29.9 Å². The highest BCUT2D eigenvalue weighted by molar-refractivity contribution is 7.99. The summed E-state index contributed by atoms with van der Waals surface area (Å²) in [6.07, 6.45) is 3.36. The van der Waals surface area contributed by atoms with Crippen molar-refractivity contribution >= 4 is 40.5 Å². The SMILES string of the molecule is CCOC(=O)CCN(CCCSc1ccnc(CSc2nc3ccccc3[nH]2)c1C)Cc1ccccc1. The number of fused-ring (bicyclic) bond motifs is 1. The third-order valence-corrected chi connectivity index (χ3v) is 8.17. The molecule has 0 aliphatic rings. The summed E-state index contributed by atoms with van der Waals surface area (Å²) in [7, 11) is 0. The molecule has 194 valence electrons. The van der Waals surface area contributed by atoms with Crippen molar-refractivity contribution in [2.45, 2.75) is 49.0 Å². The van der Waals surface area contributed by atoms with Crippen molar-refractivity contribution in [2.75, 3.05) is 25.4 Å². The van der Waals surface area contributed by atoms with Crippen molar-refractivity contribution in [3.05, 3.63) is 83.7 Å². The largest absolute Gasteiger partial charge is 0.466 e. The van der Waals surface area contributed by atoms with E-state index < -0.39 is 0 Å². The number of hydrogen-bond donors (Lipinski definition) is 1. The van der Waals surface area contributed by atoms with Gasteiger partial charge in [0.05, 0.1) is 29.8 Å². The van der Waals surface area contributed by atoms with Crippen molar-refractivity contribution in [3.63, 3.8) is 0 Å². The number of para-hydroxylation sites is 2. The lowest BCUT2D eigenvalue weighted by Gasteiger charge is -2.22. The van der Waals surface area contributed by atoms with E-state index in [-0.39, 0.29) is 5.97 Å². The Kier molecular flexibility index (Phi) is 10.5. The van der Waals surface area contributed by atoms with Gasteiger partial charge < -0.3 is 9.72 Å². The summed E-state index contributed by atoms with van der Waals surface area (Å²) in [4.78, 5) is 28.2. The van der Waals surface area contributed by atoms with Gasteiger partial charge in [0.15, 0.2) is 5.16 Å². The van der Waals surface area contributed by atoms with Gasteiger partial charge in [-0.2, -0.15) is 0 Å². The van der Waals surface area contributed by atoms with E-state index in [0.717, 1.165) is 52.9 Å². The lowest BCUT2D eigenvalue weighted by molar-refractivity contribution is -0.143. The van der Waals surface area contributed by atoms with Crippen LogP contribution in [0.5, 0.6) is 0 Å². The van der Waals surface area contributed by atoms with Gasteiger partial charge in [0.1, 0.15) is 0 Å². The van der Waals surface area contributed by atoms with Crippen LogP contribution in [0.4, 0.5) is 0 Å². The van der Waals surface area contributed by atoms with Crippen LogP contribution < -0.4 is 0 Å². The minimum atomic E-state index is -0.129. The predicted molar refractivity (Wildman–Crippen MR) is 153 cm³/mol. The standard InChI is InChI=1S/C29H34N4O2S2/c1-3-35-28(34)15-18-33(20-23-10-5-4-6-11-23)17-9-19-36-27-14-16-30-26(22(27)2)21-37-29-31-24-12-7-8-13-25(24)32-29/h4-8,10-14,16H,3,9,15,17-21H2,1-2H3,(H,31,32). The Balaban J connectivity index is 1.28. The fourth-order valence-corrected chi connectivity index (χ4v) is 5.95. The minimum absolute atomic E-state index is 0.129. The third-order valence-electron chi connectivity index (χ3n) is 6.03. The summed E-state index contributed by atoms with van der Waals surface area (Å²) in [6, 6.07) is 20.6. The van der Waals surface area contributed by atoms with Gasteiger partial charge >= 0.3 is 5.97 Å². The predicted octanol–water partition coefficient (Wildman–Crippen LogP) is 6.50. The van der Waals surface area contributed by atoms with Crippen molar-refractivity contribution in [1.29, 1.82) is 0 Å². The summed E-state index contributed by atoms with van der Waals surface area (Å²) in [6.45, 7) is 6.91. The van der Waals surface area contributed by atoms with Crippen molar-refractivity contribution in [2.24, 2.45) is 0 Å². The van der Waals surface area contributed by atoms with E-state index in [1.807, 2.05) is 55.2 Å². The molecular formula is C29H34N4O2S2. The first-order valence-corrected chi connectivity index (χ1v) is 14.7. The molecule has 0 atom stereocenters. The molecule has 2 aromatic heterocycles. The molecule has 1 N–H and O–H groups in total. The van der Waals surface area contributed by atoms with Crippen molar-refractivity contribution in [1.82, 2.24) is 19.9 Å². The highest BCUT2D eigenvalue weighted by Gasteiger charge is 2.12. The van der Waals surface area contributed by atoms with Crippen LogP contribution >= 0.6 is 23.5 Å². The molecule has 0 unspecified atom stereocenters. The molecule has 0 saturated heterocycles. The maximum Gasteiger partial charge on any atom is 0.307 e. The van der Waals surface area contributed by atoms with Crippen LogP contribution in [-0.2, 0) is 21.8 Å². The zero-order chi connectivity index (χ0) is 25.9. The number of rotatable bonds is 14. The summed E-state index contributed by atoms with van der Waals surface area (Å²) in [5, 5.41) is 0.918. The molecule has 0 aliphatic carbocycles. The van der Waals surface area contributed by atoms with E-state index in [1.165, 1.54) is 16.0 Å². The average molecular weight is 535 g/mol. The third kappa shape index (κ3) is 8.35. The number of pyridine rings is 1. The highest BCUT2D eigenvalue weighted by Crippen LogP contribution is 2.28. The topological polar surface area (TPSA) is 71.1 Å². The molecule has 4 aromatic rings. The van der Waals surface area contributed by atoms with E-state index in [9.17, 15) is 4.79 Å². The summed E-state index contributed by atoms with van der Waals surface area (Å²) >= 11 is 3.56. The van der Waals surface area contributed by atoms with Crippen molar-refractivity contribution in [3.8, 4) is 0 Å². The molecular weight excluding hydrogens is 500 g/mol. The second kappa shape index (κ2) is 14.2. The molecule has 0 spiro atoms. The second-order valence-electron chi connectivity index (χ2n) is 8.75. The van der Waals surface area contributed by atoms with Gasteiger partial charge in [-0.3, -0.25) is 14.7 Å². The number of ether oxygens (including phenoxy) is 1. The van der Waals surface area contributed by atoms with E-state index in [2.05, 4.69) is 57.1 Å². The number of hydrogen-bond acceptors (Lipinski definition) is 7. The Bertz CT molecular complexity index is 1250. The quantitative estimate of drug-likeness (QED) is 0.113. The van der Waals surface area contributed by atoms with Crippen LogP contribution in [0.1, 0.15) is 36.6 Å². The molecule has 2 aromatic carbocycles. The van der Waals surface area contributed by atoms with Gasteiger partial charge in [0.25, 0.3) is 0 Å². The van der Waals surface area contributed by atoms with E-state index >= 15 is 0 Å². The van der Waals surface area contributed by atoms with Gasteiger partial charge in [-0.05, 0) is 61.9 Å². The number of H-pyrrole nitrogens is 1. The molecule has 0 radical (unpaired) electrons. The van der Waals surface area contributed by atoms with E-state index in [0.29, 0.717) is 19.6 Å². The Morgan fingerprint density at radius 3 is 2.65 bits per heavy atom. The lowest BCUT2D eigenvalue weighted by atomic mass is 10.2. The Labute approximate surface area is 227 Å². The molecule has 0 aliphatic heterocycles. The van der Waals surface area contributed by atoms with Crippen LogP contribution in [0.25, 0.3) is 11.0 Å². The first kappa shape index (κ1) is 27.2. The number of aromatic amines is 1. The smallest absolute Gasteiger partial charge is 0.307 e. The van der Waals surface area contributed by atoms with Gasteiger partial charge in [-0.15, -0.1) is 11.8 Å². The van der Waals surface area contributed by atoms with Gasteiger partial charge in [-0.1, -0.05) is 54.2 Å². The first-order chi connectivity index (χ1) is 18.1. The molecule has 8 heteroatoms. The number of aromatic nitrogens is 3. The normalized spacial score (nSPS) is 11.3. The number of esters is 1. The Morgan fingerprint density at radius 1 is 1.03 bits per heavy atom. The maximum absolute atomic E-state index is 11.9. The second-order valence-corrected chi connectivity index (χ2v) is 10.8. The fourth-order valence-electron chi connectivity index (χ4n) is 4.06. The molecule has 37 heavy (non-hydrogen) atoms. The zero-order valence-electron chi connectivity index (χ0n) is 21.5. The molecule has 6 nitrogen and oxygen atoms in total. The molecule has 2 heterocycles. The Morgan fingerprint density at radius 2 is 1.84 bits per heavy atom. The number of carbonyl (C=O) groups is 1. The van der Waals surface area contributed by atoms with Crippen LogP contribution in [0.2, 0.25) is 0 Å². The number of thioether (sulfide) groups is 2. The summed E-state index contributed by atoms with van der Waals surface area (Å²) in [5.41, 5.74) is 5.64. The van der Waals surface area contributed by atoms with Crippen molar-refractivity contribution < 1.29 is 9.53 Å². The number of nitrogens with one attached hydrogen (secondary N) is 1. The fraction of sp³-hybridized carbons (Fsp3) is 0.345. The monoisotopic (exact) mass is 534 g/mol. The zero-order valence-corrected chi connectivity index (χ0v) is 23.1. The van der Waals surface area contributed by atoms with Gasteiger partial charge in [-0.25, -0.2) is 4.98 Å². The lowest BCUT2D eigenvalue weighted by Crippen LogP contribution is -2.28. The molecule has 0 fully saturated rings. The highest BCUT2D eigenvalue weighted by atomic mass is 32.2. The number of imidazole rings is 1. The first-order valence-electron chi connectivity index (χ1n) is 12.7. The van der Waals surface area contributed by atoms with Crippen LogP contribution in [0.3, 0.4) is 0 Å². The maximum atomic E-state index is 11.9. The molecule has 0 saturated carbocycles.